The molecule has 2 amide bonds. The predicted octanol–water partition coefficient (Wildman–Crippen LogP) is 7.37. The summed E-state index contributed by atoms with van der Waals surface area (Å²) in [4.78, 5) is 46.8. The third-order valence-electron chi connectivity index (χ3n) is 7.72. The minimum Gasteiger partial charge on any atom is -0.459 e. The van der Waals surface area contributed by atoms with E-state index < -0.39 is 11.0 Å². The van der Waals surface area contributed by atoms with Gasteiger partial charge in [-0.15, -0.1) is 0 Å². The second-order valence-corrected chi connectivity index (χ2v) is 12.7. The molecule has 46 heavy (non-hydrogen) atoms. The van der Waals surface area contributed by atoms with E-state index in [1.54, 1.807) is 12.1 Å². The number of H-pyrrole nitrogens is 1. The standard InChI is InChI=1S/C37H35N5O4/c1-36(2,3)46-35(45)37(4,5)23-15-17-24(18-16-23)38-31(22-11-7-6-8-12-22)30-26-20-19-25(21-29(26)42-33(30)43)39-34(44)32-40-27-13-9-10-14-28(27)41-32/h6-21,38H,1-5H3,(H,39,44)(H,40,41)(H,42,43)/b31-30-. The van der Waals surface area contributed by atoms with Gasteiger partial charge in [0, 0.05) is 16.9 Å². The monoisotopic (exact) mass is 613 g/mol. The predicted molar refractivity (Wildman–Crippen MR) is 181 cm³/mol. The van der Waals surface area contributed by atoms with Gasteiger partial charge in [-0.05, 0) is 88.2 Å². The molecule has 0 atom stereocenters. The number of benzene rings is 4. The van der Waals surface area contributed by atoms with Crippen LogP contribution < -0.4 is 16.0 Å². The van der Waals surface area contributed by atoms with Crippen molar-refractivity contribution in [3.63, 3.8) is 0 Å². The number of carbonyl (C=O) groups excluding carboxylic acids is 3. The molecule has 9 heteroatoms. The van der Waals surface area contributed by atoms with E-state index in [4.69, 9.17) is 4.74 Å². The third-order valence-corrected chi connectivity index (χ3v) is 7.72. The van der Waals surface area contributed by atoms with Crippen LogP contribution in [-0.4, -0.2) is 33.4 Å². The first-order valence-corrected chi connectivity index (χ1v) is 15.0. The van der Waals surface area contributed by atoms with Crippen LogP contribution in [0, 0.1) is 0 Å². The number of carbonyl (C=O) groups is 3. The van der Waals surface area contributed by atoms with Crippen LogP contribution in [0.25, 0.3) is 22.3 Å². The lowest BCUT2D eigenvalue weighted by Crippen LogP contribution is -2.36. The Labute approximate surface area is 267 Å². The Morgan fingerprint density at radius 3 is 2.15 bits per heavy atom. The molecule has 1 aromatic heterocycles. The van der Waals surface area contributed by atoms with E-state index in [1.807, 2.05) is 120 Å². The van der Waals surface area contributed by atoms with Gasteiger partial charge in [0.2, 0.25) is 0 Å². The number of aromatic nitrogens is 2. The molecule has 2 heterocycles. The zero-order valence-electron chi connectivity index (χ0n) is 26.3. The number of ether oxygens (including phenoxy) is 1. The molecule has 0 saturated heterocycles. The van der Waals surface area contributed by atoms with Crippen LogP contribution in [0.3, 0.4) is 0 Å². The molecule has 6 rings (SSSR count). The topological polar surface area (TPSA) is 125 Å². The molecule has 1 aliphatic rings. The van der Waals surface area contributed by atoms with Crippen LogP contribution >= 0.6 is 0 Å². The minimum absolute atomic E-state index is 0.197. The number of para-hydroxylation sites is 2. The van der Waals surface area contributed by atoms with E-state index >= 15 is 0 Å². The molecule has 5 aromatic rings. The summed E-state index contributed by atoms with van der Waals surface area (Å²) in [7, 11) is 0. The van der Waals surface area contributed by atoms with Crippen molar-refractivity contribution in [3.8, 4) is 0 Å². The van der Waals surface area contributed by atoms with Gasteiger partial charge in [-0.3, -0.25) is 14.4 Å². The molecule has 0 unspecified atom stereocenters. The van der Waals surface area contributed by atoms with Gasteiger partial charge in [0.15, 0.2) is 5.82 Å². The van der Waals surface area contributed by atoms with Crippen molar-refractivity contribution in [1.29, 1.82) is 0 Å². The number of anilines is 3. The lowest BCUT2D eigenvalue weighted by Gasteiger charge is -2.29. The maximum atomic E-state index is 13.5. The first-order valence-electron chi connectivity index (χ1n) is 15.0. The van der Waals surface area contributed by atoms with Gasteiger partial charge >= 0.3 is 5.97 Å². The SMILES string of the molecule is CC(C)(C)OC(=O)C(C)(C)c1ccc(N/C(=C2\C(=O)Nc3cc(NC(=O)c4nc5ccccc5[nH]4)ccc32)c2ccccc2)cc1. The fraction of sp³-hybridized carbons (Fsp3) is 0.189. The summed E-state index contributed by atoms with van der Waals surface area (Å²) in [5.41, 5.74) is 5.27. The summed E-state index contributed by atoms with van der Waals surface area (Å²) in [6.07, 6.45) is 0. The van der Waals surface area contributed by atoms with Crippen LogP contribution in [0.1, 0.15) is 61.9 Å². The number of hydrogen-bond acceptors (Lipinski definition) is 6. The smallest absolute Gasteiger partial charge is 0.316 e. The highest BCUT2D eigenvalue weighted by atomic mass is 16.6. The molecule has 4 aromatic carbocycles. The van der Waals surface area contributed by atoms with Crippen LogP contribution in [0.15, 0.2) is 97.1 Å². The summed E-state index contributed by atoms with van der Waals surface area (Å²) in [6.45, 7) is 9.23. The first kappa shape index (κ1) is 30.3. The average molecular weight is 614 g/mol. The number of nitrogens with one attached hydrogen (secondary N) is 4. The fourth-order valence-electron chi connectivity index (χ4n) is 5.27. The number of hydrogen-bond donors (Lipinski definition) is 4. The van der Waals surface area contributed by atoms with Crippen molar-refractivity contribution < 1.29 is 19.1 Å². The summed E-state index contributed by atoms with van der Waals surface area (Å²) in [6, 6.07) is 29.9. The van der Waals surface area contributed by atoms with Crippen LogP contribution in [0.4, 0.5) is 17.1 Å². The molecule has 0 saturated carbocycles. The number of aromatic amines is 1. The lowest BCUT2D eigenvalue weighted by atomic mass is 9.84. The Hall–Kier alpha value is -5.70. The number of rotatable bonds is 7. The maximum Gasteiger partial charge on any atom is 0.316 e. The van der Waals surface area contributed by atoms with Crippen molar-refractivity contribution in [2.45, 2.75) is 45.6 Å². The highest BCUT2D eigenvalue weighted by Crippen LogP contribution is 2.39. The number of amides is 2. The van der Waals surface area contributed by atoms with Crippen LogP contribution in [0.2, 0.25) is 0 Å². The molecule has 0 radical (unpaired) electrons. The highest BCUT2D eigenvalue weighted by molar-refractivity contribution is 6.37. The second-order valence-electron chi connectivity index (χ2n) is 12.7. The molecule has 4 N–H and O–H groups in total. The maximum absolute atomic E-state index is 13.5. The largest absolute Gasteiger partial charge is 0.459 e. The quantitative estimate of drug-likeness (QED) is 0.112. The van der Waals surface area contributed by atoms with Gasteiger partial charge in [0.25, 0.3) is 11.8 Å². The first-order chi connectivity index (χ1) is 21.9. The van der Waals surface area contributed by atoms with Crippen LogP contribution in [0.5, 0.6) is 0 Å². The van der Waals surface area contributed by atoms with Crippen molar-refractivity contribution in [2.24, 2.45) is 0 Å². The fourth-order valence-corrected chi connectivity index (χ4v) is 5.27. The van der Waals surface area contributed by atoms with Crippen molar-refractivity contribution in [1.82, 2.24) is 9.97 Å². The normalized spacial score (nSPS) is 14.0. The summed E-state index contributed by atoms with van der Waals surface area (Å²) >= 11 is 0. The molecule has 0 fully saturated rings. The van der Waals surface area contributed by atoms with Crippen molar-refractivity contribution >= 4 is 57.1 Å². The third kappa shape index (κ3) is 6.12. The Kier molecular flexibility index (Phi) is 7.69. The molecule has 9 nitrogen and oxygen atoms in total. The van der Waals surface area contributed by atoms with Gasteiger partial charge in [-0.1, -0.05) is 54.6 Å². The van der Waals surface area contributed by atoms with Gasteiger partial charge in [0.1, 0.15) is 5.60 Å². The van der Waals surface area contributed by atoms with E-state index in [0.717, 1.165) is 22.3 Å². The average Bonchev–Trinajstić information content (AvgIpc) is 3.60. The zero-order valence-corrected chi connectivity index (χ0v) is 26.3. The summed E-state index contributed by atoms with van der Waals surface area (Å²) in [5.74, 6) is -0.770. The summed E-state index contributed by atoms with van der Waals surface area (Å²) in [5, 5.41) is 9.28. The number of esters is 1. The molecule has 0 aliphatic carbocycles. The van der Waals surface area contributed by atoms with E-state index in [2.05, 4.69) is 25.9 Å². The van der Waals surface area contributed by atoms with Crippen molar-refractivity contribution in [2.75, 3.05) is 16.0 Å². The Bertz CT molecular complexity index is 1970. The number of nitrogens with zero attached hydrogens (tertiary/aromatic N) is 1. The van der Waals surface area contributed by atoms with E-state index in [9.17, 15) is 14.4 Å². The van der Waals surface area contributed by atoms with Gasteiger partial charge in [-0.2, -0.15) is 0 Å². The Balaban J connectivity index is 1.29. The molecular formula is C37H35N5O4. The van der Waals surface area contributed by atoms with Crippen LogP contribution in [-0.2, 0) is 19.7 Å². The molecule has 232 valence electrons. The Morgan fingerprint density at radius 2 is 1.46 bits per heavy atom. The molecule has 0 spiro atoms. The van der Waals surface area contributed by atoms with E-state index in [0.29, 0.717) is 33.7 Å². The molecule has 1 aliphatic heterocycles. The number of fused-ring (bicyclic) bond motifs is 2. The van der Waals surface area contributed by atoms with Gasteiger partial charge in [0.05, 0.1) is 33.4 Å². The number of imidazole rings is 1. The van der Waals surface area contributed by atoms with Gasteiger partial charge in [-0.25, -0.2) is 4.98 Å². The van der Waals surface area contributed by atoms with Gasteiger partial charge < -0.3 is 25.7 Å². The minimum atomic E-state index is -0.853. The van der Waals surface area contributed by atoms with Crippen molar-refractivity contribution in [3.05, 3.63) is 120 Å². The second kappa shape index (κ2) is 11.7. The molecule has 0 bridgehead atoms. The van der Waals surface area contributed by atoms with E-state index in [-0.39, 0.29) is 23.6 Å². The van der Waals surface area contributed by atoms with E-state index in [1.165, 1.54) is 0 Å². The molecular weight excluding hydrogens is 578 g/mol. The lowest BCUT2D eigenvalue weighted by molar-refractivity contribution is -0.160. The highest BCUT2D eigenvalue weighted by Gasteiger charge is 2.34. The Morgan fingerprint density at radius 1 is 0.783 bits per heavy atom. The summed E-state index contributed by atoms with van der Waals surface area (Å²) < 4.78 is 5.65. The zero-order chi connectivity index (χ0) is 32.6.